The monoisotopic (exact) mass is 206 g/mol. The molecule has 0 radical (unpaired) electrons. The van der Waals surface area contributed by atoms with Crippen molar-refractivity contribution in [1.29, 1.82) is 0 Å². The number of aromatic hydroxyl groups is 1. The lowest BCUT2D eigenvalue weighted by molar-refractivity contribution is -0.116. The normalized spacial score (nSPS) is 10.1. The predicted octanol–water partition coefficient (Wildman–Crippen LogP) is 2.17. The third-order valence-electron chi connectivity index (χ3n) is 2.41. The largest absolute Gasteiger partial charge is 0.507 e. The van der Waals surface area contributed by atoms with E-state index in [9.17, 15) is 14.7 Å². The van der Waals surface area contributed by atoms with Crippen molar-refractivity contribution in [1.82, 2.24) is 0 Å². The van der Waals surface area contributed by atoms with Crippen LogP contribution in [0.5, 0.6) is 5.75 Å². The summed E-state index contributed by atoms with van der Waals surface area (Å²) in [7, 11) is 0. The van der Waals surface area contributed by atoms with Crippen molar-refractivity contribution < 1.29 is 14.7 Å². The molecule has 0 aliphatic carbocycles. The van der Waals surface area contributed by atoms with Gasteiger partial charge >= 0.3 is 0 Å². The fourth-order valence-electron chi connectivity index (χ4n) is 1.35. The van der Waals surface area contributed by atoms with Crippen LogP contribution in [0.25, 0.3) is 0 Å². The molecule has 0 aromatic heterocycles. The van der Waals surface area contributed by atoms with Crippen LogP contribution in [0.15, 0.2) is 12.1 Å². The fourth-order valence-corrected chi connectivity index (χ4v) is 1.35. The number of carbonyl (C=O) groups excluding carboxylic acids is 2. The second-order valence-electron chi connectivity index (χ2n) is 3.71. The molecule has 0 amide bonds. The molecule has 0 aliphatic heterocycles. The van der Waals surface area contributed by atoms with Crippen LogP contribution >= 0.6 is 0 Å². The Hall–Kier alpha value is -1.64. The van der Waals surface area contributed by atoms with E-state index in [1.54, 1.807) is 19.1 Å². The highest BCUT2D eigenvalue weighted by atomic mass is 16.3. The predicted molar refractivity (Wildman–Crippen MR) is 57.2 cm³/mol. The Balaban J connectivity index is 3.11. The van der Waals surface area contributed by atoms with Crippen molar-refractivity contribution in [3.63, 3.8) is 0 Å². The molecule has 1 rings (SSSR count). The van der Waals surface area contributed by atoms with E-state index in [2.05, 4.69) is 0 Å². The second-order valence-corrected chi connectivity index (χ2v) is 3.71. The summed E-state index contributed by atoms with van der Waals surface area (Å²) in [6, 6.07) is 3.32. The first-order chi connectivity index (χ1) is 6.93. The summed E-state index contributed by atoms with van der Waals surface area (Å²) < 4.78 is 0. The quantitative estimate of drug-likeness (QED) is 0.609. The van der Waals surface area contributed by atoms with E-state index < -0.39 is 0 Å². The van der Waals surface area contributed by atoms with Gasteiger partial charge in [0.2, 0.25) is 0 Å². The van der Waals surface area contributed by atoms with Gasteiger partial charge in [-0.15, -0.1) is 0 Å². The minimum Gasteiger partial charge on any atom is -0.507 e. The Kier molecular flexibility index (Phi) is 3.24. The number of aryl methyl sites for hydroxylation is 1. The minimum absolute atomic E-state index is 0.0127. The summed E-state index contributed by atoms with van der Waals surface area (Å²) in [5.74, 6) is -0.540. The fraction of sp³-hybridized carbons (Fsp3) is 0.333. The standard InChI is InChI=1S/C12H14O3/c1-7-4-5-10(12(15)9(7)3)11(14)6-8(2)13/h4-5,15H,6H2,1-3H3. The Labute approximate surface area is 88.7 Å². The Bertz CT molecular complexity index is 419. The van der Waals surface area contributed by atoms with Crippen molar-refractivity contribution in [2.75, 3.05) is 0 Å². The van der Waals surface area contributed by atoms with E-state index >= 15 is 0 Å². The molecule has 3 nitrogen and oxygen atoms in total. The van der Waals surface area contributed by atoms with Crippen molar-refractivity contribution in [2.24, 2.45) is 0 Å². The van der Waals surface area contributed by atoms with Gasteiger partial charge in [-0.2, -0.15) is 0 Å². The van der Waals surface area contributed by atoms with Gasteiger partial charge in [0.15, 0.2) is 5.78 Å². The zero-order chi connectivity index (χ0) is 11.6. The summed E-state index contributed by atoms with van der Waals surface area (Å²) in [5, 5.41) is 9.73. The summed E-state index contributed by atoms with van der Waals surface area (Å²) >= 11 is 0. The number of phenolic OH excluding ortho intramolecular Hbond substituents is 1. The molecule has 0 saturated carbocycles. The molecule has 1 N–H and O–H groups in total. The lowest BCUT2D eigenvalue weighted by Crippen LogP contribution is -2.06. The first-order valence-corrected chi connectivity index (χ1v) is 4.75. The molecule has 15 heavy (non-hydrogen) atoms. The average molecular weight is 206 g/mol. The maximum Gasteiger partial charge on any atom is 0.173 e. The van der Waals surface area contributed by atoms with Gasteiger partial charge in [-0.3, -0.25) is 9.59 Å². The third kappa shape index (κ3) is 2.43. The molecule has 0 saturated heterocycles. The first-order valence-electron chi connectivity index (χ1n) is 4.75. The van der Waals surface area contributed by atoms with Crippen LogP contribution < -0.4 is 0 Å². The molecule has 3 heteroatoms. The highest BCUT2D eigenvalue weighted by molar-refractivity contribution is 6.08. The number of ketones is 2. The number of hydrogen-bond donors (Lipinski definition) is 1. The first kappa shape index (κ1) is 11.4. The summed E-state index contributed by atoms with van der Waals surface area (Å²) in [6.45, 7) is 4.96. The lowest BCUT2D eigenvalue weighted by Gasteiger charge is -2.07. The molecule has 0 unspecified atom stereocenters. The summed E-state index contributed by atoms with van der Waals surface area (Å²) in [6.07, 6.45) is -0.157. The van der Waals surface area contributed by atoms with Crippen molar-refractivity contribution in [2.45, 2.75) is 27.2 Å². The summed E-state index contributed by atoms with van der Waals surface area (Å²) in [5.41, 5.74) is 1.84. The minimum atomic E-state index is -0.330. The second kappa shape index (κ2) is 4.26. The molecule has 0 fully saturated rings. The number of hydrogen-bond acceptors (Lipinski definition) is 3. The number of rotatable bonds is 3. The molecule has 1 aromatic carbocycles. The Morgan fingerprint density at radius 1 is 1.27 bits per heavy atom. The van der Waals surface area contributed by atoms with Gasteiger partial charge in [0, 0.05) is 0 Å². The summed E-state index contributed by atoms with van der Waals surface area (Å²) in [4.78, 5) is 22.3. The van der Waals surface area contributed by atoms with E-state index in [-0.39, 0.29) is 29.3 Å². The topological polar surface area (TPSA) is 54.4 Å². The molecule has 80 valence electrons. The van der Waals surface area contributed by atoms with Crippen LogP contribution in [0.2, 0.25) is 0 Å². The number of phenols is 1. The van der Waals surface area contributed by atoms with Crippen LogP contribution in [0.3, 0.4) is 0 Å². The molecular formula is C12H14O3. The van der Waals surface area contributed by atoms with E-state index in [1.165, 1.54) is 6.92 Å². The van der Waals surface area contributed by atoms with Crippen LogP contribution in [-0.4, -0.2) is 16.7 Å². The van der Waals surface area contributed by atoms with Crippen LogP contribution in [0, 0.1) is 13.8 Å². The van der Waals surface area contributed by atoms with E-state index in [1.807, 2.05) is 6.92 Å². The highest BCUT2D eigenvalue weighted by Crippen LogP contribution is 2.25. The van der Waals surface area contributed by atoms with Crippen molar-refractivity contribution in [3.05, 3.63) is 28.8 Å². The zero-order valence-corrected chi connectivity index (χ0v) is 9.13. The molecule has 0 heterocycles. The number of Topliss-reactive ketones (excluding diaryl/α,β-unsaturated/α-hetero) is 2. The average Bonchev–Trinajstić information content (AvgIpc) is 2.13. The molecule has 1 aromatic rings. The third-order valence-corrected chi connectivity index (χ3v) is 2.41. The van der Waals surface area contributed by atoms with Gasteiger partial charge in [-0.1, -0.05) is 6.07 Å². The van der Waals surface area contributed by atoms with Crippen molar-refractivity contribution >= 4 is 11.6 Å². The van der Waals surface area contributed by atoms with Gasteiger partial charge < -0.3 is 5.11 Å². The molecule has 0 spiro atoms. The molecule has 0 atom stereocenters. The lowest BCUT2D eigenvalue weighted by atomic mass is 9.99. The molecule has 0 bridgehead atoms. The van der Waals surface area contributed by atoms with E-state index in [0.29, 0.717) is 5.56 Å². The van der Waals surface area contributed by atoms with Crippen LogP contribution in [0.4, 0.5) is 0 Å². The van der Waals surface area contributed by atoms with Crippen LogP contribution in [-0.2, 0) is 4.79 Å². The van der Waals surface area contributed by atoms with E-state index in [4.69, 9.17) is 0 Å². The highest BCUT2D eigenvalue weighted by Gasteiger charge is 2.15. The SMILES string of the molecule is CC(=O)CC(=O)c1ccc(C)c(C)c1O. The Morgan fingerprint density at radius 2 is 1.87 bits per heavy atom. The number of carbonyl (C=O) groups is 2. The van der Waals surface area contributed by atoms with E-state index in [0.717, 1.165) is 5.56 Å². The van der Waals surface area contributed by atoms with Gasteiger partial charge in [0.25, 0.3) is 0 Å². The van der Waals surface area contributed by atoms with Crippen LogP contribution in [0.1, 0.15) is 34.8 Å². The maximum atomic E-state index is 11.6. The van der Waals surface area contributed by atoms with Gasteiger partial charge in [0.1, 0.15) is 11.5 Å². The Morgan fingerprint density at radius 3 is 2.40 bits per heavy atom. The van der Waals surface area contributed by atoms with Gasteiger partial charge in [-0.25, -0.2) is 0 Å². The van der Waals surface area contributed by atoms with Gasteiger partial charge in [0.05, 0.1) is 12.0 Å². The van der Waals surface area contributed by atoms with Gasteiger partial charge in [-0.05, 0) is 38.0 Å². The maximum absolute atomic E-state index is 11.6. The smallest absolute Gasteiger partial charge is 0.173 e. The molecule has 0 aliphatic rings. The zero-order valence-electron chi connectivity index (χ0n) is 9.13. The van der Waals surface area contributed by atoms with Crippen molar-refractivity contribution in [3.8, 4) is 5.75 Å². The number of benzene rings is 1. The molecular weight excluding hydrogens is 192 g/mol.